The van der Waals surface area contributed by atoms with Gasteiger partial charge in [0.1, 0.15) is 5.82 Å². The van der Waals surface area contributed by atoms with Gasteiger partial charge in [-0.05, 0) is 38.1 Å². The van der Waals surface area contributed by atoms with Crippen molar-refractivity contribution in [3.8, 4) is 17.1 Å². The second-order valence-electron chi connectivity index (χ2n) is 5.73. The quantitative estimate of drug-likeness (QED) is 0.574. The minimum atomic E-state index is -0.291. The molecule has 0 aliphatic heterocycles. The molecule has 3 heterocycles. The molecule has 0 saturated heterocycles. The molecule has 0 unspecified atom stereocenters. The number of pyridine rings is 1. The predicted molar refractivity (Wildman–Crippen MR) is 89.4 cm³/mol. The molecule has 6 heteroatoms. The summed E-state index contributed by atoms with van der Waals surface area (Å²) in [5, 5.41) is 0.484. The minimum Gasteiger partial charge on any atom is -0.472 e. The first-order chi connectivity index (χ1) is 11.6. The summed E-state index contributed by atoms with van der Waals surface area (Å²) in [5.41, 5.74) is 2.84. The summed E-state index contributed by atoms with van der Waals surface area (Å²) in [6, 6.07) is 6.62. The molecule has 1 aromatic carbocycles. The maximum atomic E-state index is 14.0. The second kappa shape index (κ2) is 5.56. The first-order valence-electron chi connectivity index (χ1n) is 7.67. The van der Waals surface area contributed by atoms with E-state index in [1.165, 1.54) is 6.07 Å². The van der Waals surface area contributed by atoms with E-state index < -0.39 is 0 Å². The molecule has 4 rings (SSSR count). The Balaban J connectivity index is 1.97. The van der Waals surface area contributed by atoms with Crippen LogP contribution in [0.3, 0.4) is 0 Å². The zero-order valence-corrected chi connectivity index (χ0v) is 13.3. The number of halogens is 1. The third-order valence-electron chi connectivity index (χ3n) is 3.74. The number of nitrogens with zero attached hydrogens (tertiary/aromatic N) is 4. The summed E-state index contributed by atoms with van der Waals surface area (Å²) in [5.74, 6) is 0.180. The van der Waals surface area contributed by atoms with Gasteiger partial charge in [-0.1, -0.05) is 0 Å². The largest absolute Gasteiger partial charge is 0.472 e. The lowest BCUT2D eigenvalue weighted by atomic mass is 10.1. The highest BCUT2D eigenvalue weighted by molar-refractivity contribution is 5.93. The van der Waals surface area contributed by atoms with Crippen LogP contribution < -0.4 is 4.74 Å². The van der Waals surface area contributed by atoms with Crippen molar-refractivity contribution in [2.24, 2.45) is 0 Å². The highest BCUT2D eigenvalue weighted by Crippen LogP contribution is 2.30. The number of aromatic nitrogens is 4. The molecule has 0 N–H and O–H groups in total. The Morgan fingerprint density at radius 2 is 1.96 bits per heavy atom. The van der Waals surface area contributed by atoms with Crippen LogP contribution in [0.4, 0.5) is 4.39 Å². The minimum absolute atomic E-state index is 0.00262. The van der Waals surface area contributed by atoms with Gasteiger partial charge in [-0.25, -0.2) is 14.4 Å². The molecule has 0 bridgehead atoms. The zero-order chi connectivity index (χ0) is 16.7. The number of fused-ring (bicyclic) bond motifs is 2. The fourth-order valence-electron chi connectivity index (χ4n) is 2.75. The van der Waals surface area contributed by atoms with Gasteiger partial charge >= 0.3 is 0 Å². The standard InChI is InChI=1S/C18H15FN4O/c1-11(2)24-18-17-22-10-15(23(17)9-8-21-18)13-5-6-14(19)12-4-3-7-20-16(12)13/h3-11H,1-2H3. The van der Waals surface area contributed by atoms with Crippen LogP contribution in [0.5, 0.6) is 5.88 Å². The topological polar surface area (TPSA) is 52.3 Å². The summed E-state index contributed by atoms with van der Waals surface area (Å²) in [6.07, 6.45) is 6.85. The summed E-state index contributed by atoms with van der Waals surface area (Å²) in [6.45, 7) is 3.87. The van der Waals surface area contributed by atoms with Gasteiger partial charge in [0.05, 0.1) is 23.5 Å². The van der Waals surface area contributed by atoms with E-state index in [4.69, 9.17) is 4.74 Å². The van der Waals surface area contributed by atoms with Crippen LogP contribution in [0.1, 0.15) is 13.8 Å². The van der Waals surface area contributed by atoms with Gasteiger partial charge in [-0.3, -0.25) is 9.38 Å². The Morgan fingerprint density at radius 3 is 2.79 bits per heavy atom. The lowest BCUT2D eigenvalue weighted by Crippen LogP contribution is -2.08. The predicted octanol–water partition coefficient (Wildman–Crippen LogP) is 3.87. The van der Waals surface area contributed by atoms with Crippen LogP contribution in [0, 0.1) is 5.82 Å². The zero-order valence-electron chi connectivity index (χ0n) is 13.3. The first-order valence-corrected chi connectivity index (χ1v) is 7.67. The summed E-state index contributed by atoms with van der Waals surface area (Å²) in [4.78, 5) is 13.0. The van der Waals surface area contributed by atoms with E-state index in [0.717, 1.165) is 11.3 Å². The van der Waals surface area contributed by atoms with Crippen molar-refractivity contribution in [1.29, 1.82) is 0 Å². The Labute approximate surface area is 137 Å². The van der Waals surface area contributed by atoms with Gasteiger partial charge in [0, 0.05) is 29.5 Å². The number of imidazole rings is 1. The fourth-order valence-corrected chi connectivity index (χ4v) is 2.75. The van der Waals surface area contributed by atoms with Crippen molar-refractivity contribution in [3.63, 3.8) is 0 Å². The molecule has 0 aliphatic rings. The molecule has 0 amide bonds. The molecule has 120 valence electrons. The molecule has 0 fully saturated rings. The van der Waals surface area contributed by atoms with E-state index in [2.05, 4.69) is 15.0 Å². The van der Waals surface area contributed by atoms with Crippen LogP contribution >= 0.6 is 0 Å². The second-order valence-corrected chi connectivity index (χ2v) is 5.73. The maximum Gasteiger partial charge on any atom is 0.258 e. The first kappa shape index (κ1) is 14.6. The summed E-state index contributed by atoms with van der Waals surface area (Å²) < 4.78 is 21.6. The van der Waals surface area contributed by atoms with E-state index >= 15 is 0 Å². The molecule has 0 atom stereocenters. The number of hydrogen-bond donors (Lipinski definition) is 0. The lowest BCUT2D eigenvalue weighted by Gasteiger charge is -2.10. The smallest absolute Gasteiger partial charge is 0.258 e. The summed E-state index contributed by atoms with van der Waals surface area (Å²) in [7, 11) is 0. The van der Waals surface area contributed by atoms with Crippen molar-refractivity contribution in [3.05, 3.63) is 54.9 Å². The van der Waals surface area contributed by atoms with E-state index in [1.807, 2.05) is 24.4 Å². The van der Waals surface area contributed by atoms with Crippen molar-refractivity contribution < 1.29 is 9.13 Å². The monoisotopic (exact) mass is 322 g/mol. The Morgan fingerprint density at radius 1 is 1.08 bits per heavy atom. The molecule has 0 radical (unpaired) electrons. The van der Waals surface area contributed by atoms with Crippen molar-refractivity contribution >= 4 is 16.6 Å². The van der Waals surface area contributed by atoms with Crippen molar-refractivity contribution in [2.75, 3.05) is 0 Å². The Hall–Kier alpha value is -3.02. The molecular weight excluding hydrogens is 307 g/mol. The van der Waals surface area contributed by atoms with Gasteiger partial charge in [0.15, 0.2) is 0 Å². The lowest BCUT2D eigenvalue weighted by molar-refractivity contribution is 0.234. The van der Waals surface area contributed by atoms with Gasteiger partial charge in [0.25, 0.3) is 5.88 Å². The van der Waals surface area contributed by atoms with Crippen LogP contribution in [-0.4, -0.2) is 25.5 Å². The number of benzene rings is 1. The number of ether oxygens (including phenoxy) is 1. The average molecular weight is 322 g/mol. The van der Waals surface area contributed by atoms with E-state index in [1.54, 1.807) is 36.8 Å². The third-order valence-corrected chi connectivity index (χ3v) is 3.74. The van der Waals surface area contributed by atoms with Crippen molar-refractivity contribution in [2.45, 2.75) is 20.0 Å². The third kappa shape index (κ3) is 2.27. The van der Waals surface area contributed by atoms with Gasteiger partial charge in [0.2, 0.25) is 5.65 Å². The molecule has 0 saturated carbocycles. The van der Waals surface area contributed by atoms with Crippen LogP contribution in [-0.2, 0) is 0 Å². The van der Waals surface area contributed by atoms with E-state index in [-0.39, 0.29) is 11.9 Å². The van der Waals surface area contributed by atoms with E-state index in [9.17, 15) is 4.39 Å². The van der Waals surface area contributed by atoms with Crippen LogP contribution in [0.2, 0.25) is 0 Å². The SMILES string of the molecule is CC(C)Oc1nccn2c(-c3ccc(F)c4cccnc34)cnc12. The van der Waals surface area contributed by atoms with Gasteiger partial charge < -0.3 is 4.74 Å². The van der Waals surface area contributed by atoms with Crippen molar-refractivity contribution in [1.82, 2.24) is 19.4 Å². The Kier molecular flexibility index (Phi) is 3.37. The maximum absolute atomic E-state index is 14.0. The molecule has 24 heavy (non-hydrogen) atoms. The highest BCUT2D eigenvalue weighted by atomic mass is 19.1. The average Bonchev–Trinajstić information content (AvgIpc) is 3.00. The molecule has 5 nitrogen and oxygen atoms in total. The molecule has 0 spiro atoms. The highest BCUT2D eigenvalue weighted by Gasteiger charge is 2.15. The molecule has 3 aromatic heterocycles. The molecule has 4 aromatic rings. The molecular formula is C18H15FN4O. The normalized spacial score (nSPS) is 11.5. The summed E-state index contributed by atoms with van der Waals surface area (Å²) >= 11 is 0. The van der Waals surface area contributed by atoms with Gasteiger partial charge in [-0.15, -0.1) is 0 Å². The fraction of sp³-hybridized carbons (Fsp3) is 0.167. The Bertz CT molecular complexity index is 1040. The molecule has 0 aliphatic carbocycles. The van der Waals surface area contributed by atoms with Gasteiger partial charge in [-0.2, -0.15) is 0 Å². The number of hydrogen-bond acceptors (Lipinski definition) is 4. The number of rotatable bonds is 3. The van der Waals surface area contributed by atoms with E-state index in [0.29, 0.717) is 22.4 Å². The van der Waals surface area contributed by atoms with Crippen LogP contribution in [0.25, 0.3) is 27.8 Å². The van der Waals surface area contributed by atoms with Crippen LogP contribution in [0.15, 0.2) is 49.1 Å².